The number of aromatic amines is 2. The van der Waals surface area contributed by atoms with Crippen LogP contribution >= 0.6 is 0 Å². The van der Waals surface area contributed by atoms with Gasteiger partial charge in [-0.15, -0.1) is 0 Å². The summed E-state index contributed by atoms with van der Waals surface area (Å²) in [6.07, 6.45) is 6.19. The van der Waals surface area contributed by atoms with Crippen LogP contribution in [0.5, 0.6) is 0 Å². The van der Waals surface area contributed by atoms with E-state index in [4.69, 9.17) is 14.9 Å². The van der Waals surface area contributed by atoms with Gasteiger partial charge in [0.15, 0.2) is 6.23 Å². The van der Waals surface area contributed by atoms with Crippen molar-refractivity contribution in [1.29, 1.82) is 5.41 Å². The molecule has 0 aliphatic carbocycles. The molecule has 226 valence electrons. The zero-order valence-corrected chi connectivity index (χ0v) is 25.8. The minimum Gasteiger partial charge on any atom is -0.455 e. The summed E-state index contributed by atoms with van der Waals surface area (Å²) in [7, 11) is 0. The maximum atomic E-state index is 12.4. The van der Waals surface area contributed by atoms with Gasteiger partial charge in [0.05, 0.1) is 29.1 Å². The Morgan fingerprint density at radius 2 is 1.74 bits per heavy atom. The molecular weight excluding hydrogens is 532 g/mol. The third-order valence-corrected chi connectivity index (χ3v) is 7.26. The molecule has 1 unspecified atom stereocenters. The van der Waals surface area contributed by atoms with Gasteiger partial charge < -0.3 is 19.4 Å². The summed E-state index contributed by atoms with van der Waals surface area (Å²) in [5.41, 5.74) is 2.78. The van der Waals surface area contributed by atoms with E-state index in [1.165, 1.54) is 5.56 Å². The number of rotatable bonds is 10. The molecule has 0 bridgehead atoms. The molecule has 10 nitrogen and oxygen atoms in total. The van der Waals surface area contributed by atoms with E-state index in [0.717, 1.165) is 48.6 Å². The summed E-state index contributed by atoms with van der Waals surface area (Å²) in [5, 5.41) is 11.6. The van der Waals surface area contributed by atoms with Crippen LogP contribution in [-0.2, 0) is 31.9 Å². The fourth-order valence-electron chi connectivity index (χ4n) is 4.86. The Hall–Kier alpha value is -3.79. The first kappa shape index (κ1) is 31.2. The maximum absolute atomic E-state index is 12.4. The summed E-state index contributed by atoms with van der Waals surface area (Å²) in [5.74, 6) is 0.121. The average molecular weight is 577 g/mol. The molecule has 0 radical (unpaired) electrons. The quantitative estimate of drug-likeness (QED) is 0.186. The van der Waals surface area contributed by atoms with E-state index in [1.54, 1.807) is 27.0 Å². The van der Waals surface area contributed by atoms with Crippen molar-refractivity contribution in [2.24, 2.45) is 5.41 Å². The fraction of sp³-hybridized carbons (Fsp3) is 0.531. The molecule has 0 amide bonds. The highest BCUT2D eigenvalue weighted by Gasteiger charge is 2.36. The maximum Gasteiger partial charge on any atom is 0.353 e. The van der Waals surface area contributed by atoms with Crippen molar-refractivity contribution < 1.29 is 19.1 Å². The van der Waals surface area contributed by atoms with Crippen LogP contribution in [0, 0.1) is 10.8 Å². The van der Waals surface area contributed by atoms with Crippen molar-refractivity contribution in [3.63, 3.8) is 0 Å². The zero-order valence-electron chi connectivity index (χ0n) is 25.8. The highest BCUT2D eigenvalue weighted by Crippen LogP contribution is 2.30. The van der Waals surface area contributed by atoms with Crippen LogP contribution in [0.4, 0.5) is 0 Å². The highest BCUT2D eigenvalue weighted by molar-refractivity contribution is 6.37. The number of esters is 2. The van der Waals surface area contributed by atoms with Crippen molar-refractivity contribution in [3.8, 4) is 11.3 Å². The van der Waals surface area contributed by atoms with Crippen molar-refractivity contribution in [3.05, 3.63) is 59.6 Å². The normalized spacial score (nSPS) is 18.1. The summed E-state index contributed by atoms with van der Waals surface area (Å²) in [6.45, 7) is 13.6. The Labute approximate surface area is 247 Å². The van der Waals surface area contributed by atoms with E-state index < -0.39 is 29.1 Å². The van der Waals surface area contributed by atoms with Gasteiger partial charge in [0.2, 0.25) is 0 Å². The van der Waals surface area contributed by atoms with Gasteiger partial charge in [-0.2, -0.15) is 0 Å². The second kappa shape index (κ2) is 12.6. The van der Waals surface area contributed by atoms with Crippen LogP contribution < -0.4 is 5.32 Å². The lowest BCUT2D eigenvalue weighted by Crippen LogP contribution is -2.36. The van der Waals surface area contributed by atoms with Crippen molar-refractivity contribution in [2.45, 2.75) is 97.8 Å². The first-order chi connectivity index (χ1) is 19.7. The van der Waals surface area contributed by atoms with Crippen LogP contribution in [-0.4, -0.2) is 56.0 Å². The SMILES string of the molecule is CC[C@@H](C(=N)C(=O)OC(C)(C)C)c1ncc(CCc2ccc(-c3cnc([C@@H]4CCNC4OC(=O)C(C)(C)C)[nH]3)cc2)[nH]1. The third-order valence-electron chi connectivity index (χ3n) is 7.26. The molecule has 10 heteroatoms. The number of carbonyl (C=O) groups is 2. The van der Waals surface area contributed by atoms with Crippen LogP contribution in [0.25, 0.3) is 11.3 Å². The van der Waals surface area contributed by atoms with Crippen molar-refractivity contribution >= 4 is 17.7 Å². The van der Waals surface area contributed by atoms with Gasteiger partial charge in [0, 0.05) is 11.9 Å². The number of hydrogen-bond acceptors (Lipinski definition) is 8. The number of aryl methyl sites for hydroxylation is 2. The number of imidazole rings is 2. The number of carbonyl (C=O) groups excluding carboxylic acids is 2. The Balaban J connectivity index is 1.34. The minimum absolute atomic E-state index is 0.0243. The van der Waals surface area contributed by atoms with Gasteiger partial charge >= 0.3 is 11.9 Å². The van der Waals surface area contributed by atoms with E-state index in [2.05, 4.69) is 49.5 Å². The third kappa shape index (κ3) is 7.73. The predicted octanol–water partition coefficient (Wildman–Crippen LogP) is 5.43. The highest BCUT2D eigenvalue weighted by atomic mass is 16.6. The van der Waals surface area contributed by atoms with E-state index in [0.29, 0.717) is 12.2 Å². The molecule has 42 heavy (non-hydrogen) atoms. The van der Waals surface area contributed by atoms with Crippen LogP contribution in [0.3, 0.4) is 0 Å². The summed E-state index contributed by atoms with van der Waals surface area (Å²) >= 11 is 0. The Bertz CT molecular complexity index is 1390. The second-order valence-electron chi connectivity index (χ2n) is 13.0. The van der Waals surface area contributed by atoms with Gasteiger partial charge in [0.1, 0.15) is 23.0 Å². The lowest BCUT2D eigenvalue weighted by Gasteiger charge is -2.23. The number of nitrogens with zero attached hydrogens (tertiary/aromatic N) is 2. The number of benzene rings is 1. The topological polar surface area (TPSA) is 146 Å². The van der Waals surface area contributed by atoms with E-state index in [1.807, 2.05) is 33.9 Å². The molecule has 0 spiro atoms. The van der Waals surface area contributed by atoms with Crippen LogP contribution in [0.2, 0.25) is 0 Å². The number of aromatic nitrogens is 4. The predicted molar refractivity (Wildman–Crippen MR) is 161 cm³/mol. The number of H-pyrrole nitrogens is 2. The fourth-order valence-corrected chi connectivity index (χ4v) is 4.86. The average Bonchev–Trinajstić information content (AvgIpc) is 3.68. The second-order valence-corrected chi connectivity index (χ2v) is 13.0. The molecule has 4 N–H and O–H groups in total. The molecule has 1 aliphatic heterocycles. The smallest absolute Gasteiger partial charge is 0.353 e. The first-order valence-corrected chi connectivity index (χ1v) is 14.7. The summed E-state index contributed by atoms with van der Waals surface area (Å²) in [4.78, 5) is 40.7. The number of ether oxygens (including phenoxy) is 2. The molecule has 3 aromatic rings. The van der Waals surface area contributed by atoms with Crippen LogP contribution in [0.15, 0.2) is 36.7 Å². The van der Waals surface area contributed by atoms with Gasteiger partial charge in [-0.1, -0.05) is 31.2 Å². The molecule has 2 aromatic heterocycles. The summed E-state index contributed by atoms with van der Waals surface area (Å²) in [6, 6.07) is 8.35. The molecule has 3 heterocycles. The first-order valence-electron chi connectivity index (χ1n) is 14.7. The monoisotopic (exact) mass is 576 g/mol. The van der Waals surface area contributed by atoms with Crippen LogP contribution in [0.1, 0.15) is 96.0 Å². The van der Waals surface area contributed by atoms with Crippen molar-refractivity contribution in [2.75, 3.05) is 6.54 Å². The number of nitrogens with one attached hydrogen (secondary N) is 4. The molecular formula is C32H44N6O4. The van der Waals surface area contributed by atoms with Gasteiger partial charge in [-0.25, -0.2) is 14.8 Å². The lowest BCUT2D eigenvalue weighted by atomic mass is 9.97. The minimum atomic E-state index is -0.649. The Morgan fingerprint density at radius 1 is 1.02 bits per heavy atom. The molecule has 1 aliphatic rings. The Kier molecular flexibility index (Phi) is 9.35. The van der Waals surface area contributed by atoms with Crippen molar-refractivity contribution in [1.82, 2.24) is 25.3 Å². The van der Waals surface area contributed by atoms with Gasteiger partial charge in [-0.3, -0.25) is 15.5 Å². The largest absolute Gasteiger partial charge is 0.455 e. The Morgan fingerprint density at radius 3 is 2.38 bits per heavy atom. The molecule has 1 saturated heterocycles. The molecule has 1 fully saturated rings. The lowest BCUT2D eigenvalue weighted by molar-refractivity contribution is -0.160. The van der Waals surface area contributed by atoms with E-state index in [-0.39, 0.29) is 17.6 Å². The van der Waals surface area contributed by atoms with E-state index in [9.17, 15) is 9.59 Å². The van der Waals surface area contributed by atoms with Gasteiger partial charge in [-0.05, 0) is 84.9 Å². The van der Waals surface area contributed by atoms with E-state index >= 15 is 0 Å². The molecule has 1 aromatic carbocycles. The molecule has 4 rings (SSSR count). The zero-order chi connectivity index (χ0) is 30.7. The summed E-state index contributed by atoms with van der Waals surface area (Å²) < 4.78 is 11.1. The standard InChI is InChI=1S/C32H44N6O4/c1-8-22(25(33)29(39)42-32(5,6)7)26-35-17-21(37-26)14-11-19-9-12-20(13-10-19)24-18-36-27(38-24)23-15-16-34-28(23)41-30(40)31(2,3)4/h9-10,12-13,17-18,22-23,28,33-34H,8,11,14-16H2,1-7H3,(H,35,37)(H,36,38)/t22-,23-,28?/m0/s1. The van der Waals surface area contributed by atoms with Gasteiger partial charge in [0.25, 0.3) is 0 Å². The number of hydrogen-bond donors (Lipinski definition) is 4. The molecule has 3 atom stereocenters. The molecule has 0 saturated carbocycles.